The topological polar surface area (TPSA) is 106 Å². The van der Waals surface area contributed by atoms with Crippen molar-refractivity contribution in [3.63, 3.8) is 0 Å². The molecule has 4 rings (SSSR count). The van der Waals surface area contributed by atoms with Crippen LogP contribution in [0.5, 0.6) is 11.5 Å². The summed E-state index contributed by atoms with van der Waals surface area (Å²) in [5.74, 6) is -1.48. The summed E-state index contributed by atoms with van der Waals surface area (Å²) in [6.45, 7) is 0.175. The lowest BCUT2D eigenvalue weighted by Gasteiger charge is -2.16. The average Bonchev–Trinajstić information content (AvgIpc) is 3.57. The van der Waals surface area contributed by atoms with Crippen molar-refractivity contribution < 1.29 is 23.1 Å². The molecule has 0 aliphatic heterocycles. The second kappa shape index (κ2) is 8.62. The fraction of sp³-hybridized carbons (Fsp3) is 0.174. The summed E-state index contributed by atoms with van der Waals surface area (Å²) in [5, 5.41) is 5.31. The maximum atomic E-state index is 14.5. The van der Waals surface area contributed by atoms with Gasteiger partial charge < -0.3 is 21.1 Å². The fourth-order valence-corrected chi connectivity index (χ4v) is 3.17. The first kappa shape index (κ1) is 21.2. The molecule has 164 valence electrons. The number of rotatable bonds is 7. The lowest BCUT2D eigenvalue weighted by molar-refractivity contribution is -0.134. The number of anilines is 2. The van der Waals surface area contributed by atoms with E-state index in [9.17, 15) is 18.4 Å². The zero-order valence-electron chi connectivity index (χ0n) is 16.9. The zero-order chi connectivity index (χ0) is 22.7. The molecule has 0 spiro atoms. The van der Waals surface area contributed by atoms with Crippen LogP contribution >= 0.6 is 0 Å². The molecule has 2 aromatic carbocycles. The number of nitrogens with two attached hydrogens (primary N) is 1. The first-order valence-electron chi connectivity index (χ1n) is 9.89. The summed E-state index contributed by atoms with van der Waals surface area (Å²) in [4.78, 5) is 29.2. The number of carbonyl (C=O) groups excluding carboxylic acids is 2. The Kier molecular flexibility index (Phi) is 5.72. The van der Waals surface area contributed by atoms with E-state index in [0.29, 0.717) is 24.2 Å². The van der Waals surface area contributed by atoms with Gasteiger partial charge in [-0.15, -0.1) is 0 Å². The molecule has 1 saturated carbocycles. The van der Waals surface area contributed by atoms with Crippen LogP contribution in [0.3, 0.4) is 0 Å². The number of nitrogens with one attached hydrogen (secondary N) is 2. The van der Waals surface area contributed by atoms with Crippen LogP contribution in [0.15, 0.2) is 60.8 Å². The van der Waals surface area contributed by atoms with Gasteiger partial charge in [0.25, 0.3) is 0 Å². The van der Waals surface area contributed by atoms with Gasteiger partial charge in [0.1, 0.15) is 22.8 Å². The lowest BCUT2D eigenvalue weighted by Crippen LogP contribution is -2.39. The van der Waals surface area contributed by atoms with Crippen LogP contribution in [0.2, 0.25) is 0 Å². The molecule has 0 bridgehead atoms. The summed E-state index contributed by atoms with van der Waals surface area (Å²) in [6.07, 6.45) is 2.22. The Balaban J connectivity index is 1.37. The molecule has 0 radical (unpaired) electrons. The number of carbonyl (C=O) groups is 2. The van der Waals surface area contributed by atoms with E-state index in [4.69, 9.17) is 10.5 Å². The number of pyridine rings is 1. The number of halogens is 2. The van der Waals surface area contributed by atoms with Crippen molar-refractivity contribution in [2.75, 3.05) is 11.1 Å². The quantitative estimate of drug-likeness (QED) is 0.487. The van der Waals surface area contributed by atoms with Crippen LogP contribution in [-0.2, 0) is 16.1 Å². The molecule has 1 aliphatic carbocycles. The second-order valence-corrected chi connectivity index (χ2v) is 7.51. The lowest BCUT2D eigenvalue weighted by atomic mass is 10.0. The molecule has 9 heteroatoms. The van der Waals surface area contributed by atoms with Gasteiger partial charge in [0.15, 0.2) is 11.6 Å². The monoisotopic (exact) mass is 438 g/mol. The van der Waals surface area contributed by atoms with E-state index < -0.39 is 23.0 Å². The van der Waals surface area contributed by atoms with Gasteiger partial charge in [-0.25, -0.2) is 13.8 Å². The number of nitrogens with zero attached hydrogens (tertiary/aromatic N) is 1. The van der Waals surface area contributed by atoms with E-state index in [1.165, 1.54) is 42.6 Å². The Morgan fingerprint density at radius 1 is 1.03 bits per heavy atom. The summed E-state index contributed by atoms with van der Waals surface area (Å²) in [7, 11) is 0. The van der Waals surface area contributed by atoms with Gasteiger partial charge in [0.05, 0.1) is 0 Å². The number of amides is 2. The molecule has 0 saturated heterocycles. The number of ether oxygens (including phenoxy) is 1. The third-order valence-electron chi connectivity index (χ3n) is 5.16. The molecule has 1 aliphatic rings. The minimum atomic E-state index is -1.19. The van der Waals surface area contributed by atoms with Crippen molar-refractivity contribution in [2.45, 2.75) is 19.4 Å². The predicted octanol–water partition coefficient (Wildman–Crippen LogP) is 3.77. The smallest absolute Gasteiger partial charge is 0.240 e. The highest BCUT2D eigenvalue weighted by Crippen LogP contribution is 2.47. The highest BCUT2D eigenvalue weighted by atomic mass is 19.1. The fourth-order valence-electron chi connectivity index (χ4n) is 3.17. The van der Waals surface area contributed by atoms with Crippen molar-refractivity contribution in [2.24, 2.45) is 5.41 Å². The summed E-state index contributed by atoms with van der Waals surface area (Å²) in [5.41, 5.74) is 5.30. The number of nitrogen functional groups attached to an aromatic ring is 1. The number of hydrogen-bond acceptors (Lipinski definition) is 5. The van der Waals surface area contributed by atoms with Crippen LogP contribution in [0.1, 0.15) is 18.4 Å². The van der Waals surface area contributed by atoms with Crippen molar-refractivity contribution in [3.05, 3.63) is 78.0 Å². The van der Waals surface area contributed by atoms with Gasteiger partial charge >= 0.3 is 0 Å². The second-order valence-electron chi connectivity index (χ2n) is 7.51. The SMILES string of the molecule is Nc1cc(Oc2ccc(NC(=O)C3(C(=O)NCc4ccc(F)cc4)CC3)cc2F)ccn1. The minimum absolute atomic E-state index is 0.0493. The average molecular weight is 438 g/mol. The van der Waals surface area contributed by atoms with E-state index in [1.54, 1.807) is 12.1 Å². The Labute approximate surface area is 182 Å². The number of benzene rings is 2. The molecule has 1 fully saturated rings. The minimum Gasteiger partial charge on any atom is -0.454 e. The standard InChI is InChI=1S/C23H20F2N4O3/c24-15-3-1-14(2-4-15)13-28-21(30)23(8-9-23)22(31)29-16-5-6-19(18(25)11-16)32-17-7-10-27-20(26)12-17/h1-7,10-12H,8-9,13H2,(H2,26,27)(H,28,30)(H,29,31). The molecule has 4 N–H and O–H groups in total. The predicted molar refractivity (Wildman–Crippen MR) is 114 cm³/mol. The highest BCUT2D eigenvalue weighted by molar-refractivity contribution is 6.13. The third kappa shape index (κ3) is 4.66. The van der Waals surface area contributed by atoms with E-state index in [1.807, 2.05) is 0 Å². The van der Waals surface area contributed by atoms with Crippen LogP contribution in [0.4, 0.5) is 20.3 Å². The Bertz CT molecular complexity index is 1160. The maximum absolute atomic E-state index is 14.5. The Morgan fingerprint density at radius 3 is 2.44 bits per heavy atom. The molecule has 2 amide bonds. The van der Waals surface area contributed by atoms with Gasteiger partial charge in [-0.2, -0.15) is 0 Å². The summed E-state index contributed by atoms with van der Waals surface area (Å²) >= 11 is 0. The third-order valence-corrected chi connectivity index (χ3v) is 5.16. The first-order valence-corrected chi connectivity index (χ1v) is 9.89. The van der Waals surface area contributed by atoms with E-state index in [0.717, 1.165) is 6.07 Å². The van der Waals surface area contributed by atoms with Crippen LogP contribution in [0, 0.1) is 17.0 Å². The molecule has 1 heterocycles. The van der Waals surface area contributed by atoms with Crippen molar-refractivity contribution in [1.82, 2.24) is 10.3 Å². The van der Waals surface area contributed by atoms with Gasteiger partial charge in [0.2, 0.25) is 11.8 Å². The largest absolute Gasteiger partial charge is 0.454 e. The van der Waals surface area contributed by atoms with Gasteiger partial charge in [0, 0.05) is 30.6 Å². The normalized spacial score (nSPS) is 13.8. The molecule has 3 aromatic rings. The number of hydrogen-bond donors (Lipinski definition) is 3. The van der Waals surface area contributed by atoms with Crippen LogP contribution < -0.4 is 21.1 Å². The van der Waals surface area contributed by atoms with E-state index >= 15 is 0 Å². The Hall–Kier alpha value is -4.01. The molecular weight excluding hydrogens is 418 g/mol. The van der Waals surface area contributed by atoms with E-state index in [2.05, 4.69) is 15.6 Å². The molecule has 0 atom stereocenters. The van der Waals surface area contributed by atoms with Gasteiger partial charge in [-0.1, -0.05) is 12.1 Å². The molecule has 7 nitrogen and oxygen atoms in total. The van der Waals surface area contributed by atoms with Crippen molar-refractivity contribution >= 4 is 23.3 Å². The Morgan fingerprint density at radius 2 is 1.78 bits per heavy atom. The summed E-state index contributed by atoms with van der Waals surface area (Å²) in [6, 6.07) is 12.7. The van der Waals surface area contributed by atoms with Crippen LogP contribution in [-0.4, -0.2) is 16.8 Å². The highest BCUT2D eigenvalue weighted by Gasteiger charge is 2.56. The summed E-state index contributed by atoms with van der Waals surface area (Å²) < 4.78 is 32.9. The van der Waals surface area contributed by atoms with Crippen LogP contribution in [0.25, 0.3) is 0 Å². The molecule has 1 aromatic heterocycles. The maximum Gasteiger partial charge on any atom is 0.240 e. The van der Waals surface area contributed by atoms with Crippen molar-refractivity contribution in [1.29, 1.82) is 0 Å². The molecule has 32 heavy (non-hydrogen) atoms. The van der Waals surface area contributed by atoms with Gasteiger partial charge in [-0.05, 0) is 48.7 Å². The first-order chi connectivity index (χ1) is 15.4. The molecular formula is C23H20F2N4O3. The van der Waals surface area contributed by atoms with E-state index in [-0.39, 0.29) is 29.6 Å². The van der Waals surface area contributed by atoms with Gasteiger partial charge in [-0.3, -0.25) is 9.59 Å². The zero-order valence-corrected chi connectivity index (χ0v) is 16.9. The van der Waals surface area contributed by atoms with Crippen molar-refractivity contribution in [3.8, 4) is 11.5 Å². The molecule has 0 unspecified atom stereocenters. The number of aromatic nitrogens is 1.